The molecule has 0 amide bonds. The van der Waals surface area contributed by atoms with Crippen molar-refractivity contribution in [1.29, 1.82) is 0 Å². The second-order valence-electron chi connectivity index (χ2n) is 13.0. The van der Waals surface area contributed by atoms with E-state index in [4.69, 9.17) is 9.47 Å². The predicted octanol–water partition coefficient (Wildman–Crippen LogP) is 10.1. The van der Waals surface area contributed by atoms with E-state index < -0.39 is 0 Å². The van der Waals surface area contributed by atoms with Gasteiger partial charge in [-0.3, -0.25) is 4.79 Å². The van der Waals surface area contributed by atoms with E-state index in [0.717, 1.165) is 51.4 Å². The van der Waals surface area contributed by atoms with Crippen molar-refractivity contribution in [1.82, 2.24) is 15.0 Å². The number of nitrogens with zero attached hydrogens (tertiary/aromatic N) is 3. The average molecular weight is 709 g/mol. The smallest absolute Gasteiger partial charge is 0.338 e. The molecule has 0 radical (unpaired) electrons. The van der Waals surface area contributed by atoms with Gasteiger partial charge in [0.05, 0.1) is 24.3 Å². The highest BCUT2D eigenvalue weighted by atomic mass is 16.5. The largest absolute Gasteiger partial charge is 0.462 e. The summed E-state index contributed by atoms with van der Waals surface area (Å²) in [7, 11) is 0. The molecule has 52 heavy (non-hydrogen) atoms. The Hall–Kier alpha value is -5.32. The summed E-state index contributed by atoms with van der Waals surface area (Å²) in [5.41, 5.74) is 3.50. The Balaban J connectivity index is 1.48. The first-order valence-electron chi connectivity index (χ1n) is 18.4. The van der Waals surface area contributed by atoms with Crippen LogP contribution in [0.5, 0.6) is 0 Å². The molecule has 0 aliphatic heterocycles. The molecule has 11 heteroatoms. The summed E-state index contributed by atoms with van der Waals surface area (Å²) in [5.74, 6) is 0.714. The van der Waals surface area contributed by atoms with Crippen molar-refractivity contribution in [3.8, 4) is 0 Å². The lowest BCUT2D eigenvalue weighted by Gasteiger charge is -2.15. The molecule has 1 heterocycles. The summed E-state index contributed by atoms with van der Waals surface area (Å²) >= 11 is 0. The Kier molecular flexibility index (Phi) is 15.6. The number of ketones is 1. The zero-order valence-corrected chi connectivity index (χ0v) is 31.0. The van der Waals surface area contributed by atoms with Crippen LogP contribution in [0.3, 0.4) is 0 Å². The highest BCUT2D eigenvalue weighted by Gasteiger charge is 2.15. The van der Waals surface area contributed by atoms with Crippen LogP contribution in [0.15, 0.2) is 72.8 Å². The van der Waals surface area contributed by atoms with Crippen LogP contribution in [0.1, 0.15) is 117 Å². The SMILES string of the molecule is CCCCC(CC)COC(=O)c1ccc(Nc2nc(Nc3ccc(C(C)=O)cc3)nc(Nc3ccc(C(=O)OCC(CC)CCCC)cc3)n2)cc1. The van der Waals surface area contributed by atoms with Gasteiger partial charge in [-0.05, 0) is 104 Å². The second kappa shape index (κ2) is 20.5. The van der Waals surface area contributed by atoms with Gasteiger partial charge in [-0.2, -0.15) is 15.0 Å². The Labute approximate surface area is 307 Å². The molecule has 0 aliphatic rings. The van der Waals surface area contributed by atoms with Gasteiger partial charge >= 0.3 is 11.9 Å². The van der Waals surface area contributed by atoms with Crippen LogP contribution in [0.2, 0.25) is 0 Å². The van der Waals surface area contributed by atoms with Gasteiger partial charge < -0.3 is 25.4 Å². The monoisotopic (exact) mass is 708 g/mol. The minimum atomic E-state index is -0.355. The molecule has 11 nitrogen and oxygen atoms in total. The molecule has 0 saturated heterocycles. The first-order chi connectivity index (χ1) is 25.2. The van der Waals surface area contributed by atoms with Crippen molar-refractivity contribution in [3.63, 3.8) is 0 Å². The number of hydrogen-bond acceptors (Lipinski definition) is 11. The van der Waals surface area contributed by atoms with Crippen molar-refractivity contribution in [2.45, 2.75) is 86.0 Å². The van der Waals surface area contributed by atoms with E-state index in [0.29, 0.717) is 58.8 Å². The van der Waals surface area contributed by atoms with E-state index >= 15 is 0 Å². The maximum atomic E-state index is 12.7. The molecule has 2 atom stereocenters. The summed E-state index contributed by atoms with van der Waals surface area (Å²) in [6.07, 6.45) is 8.51. The number of rotatable bonds is 21. The standard InChI is InChI=1S/C41H52N6O5/c1-6-10-12-29(8-3)26-51-37(49)32-16-22-35(23-17-32)43-40-45-39(42-34-20-14-31(15-21-34)28(5)48)46-41(47-40)44-36-24-18-33(19-25-36)38(50)52-27-30(9-4)13-11-7-2/h14-25,29-30H,6-13,26-27H2,1-5H3,(H3,42,43,44,45,46,47). The van der Waals surface area contributed by atoms with E-state index in [1.807, 2.05) is 0 Å². The summed E-state index contributed by atoms with van der Waals surface area (Å²) in [6, 6.07) is 20.9. The molecule has 0 aliphatic carbocycles. The molecule has 3 aromatic carbocycles. The third-order valence-corrected chi connectivity index (χ3v) is 8.92. The van der Waals surface area contributed by atoms with Crippen LogP contribution in [0.25, 0.3) is 0 Å². The fourth-order valence-electron chi connectivity index (χ4n) is 5.45. The van der Waals surface area contributed by atoms with Crippen LogP contribution in [-0.2, 0) is 9.47 Å². The first kappa shape index (κ1) is 39.5. The van der Waals surface area contributed by atoms with Crippen molar-refractivity contribution in [2.24, 2.45) is 11.8 Å². The highest BCUT2D eigenvalue weighted by Crippen LogP contribution is 2.23. The van der Waals surface area contributed by atoms with E-state index in [1.165, 1.54) is 6.92 Å². The Bertz CT molecular complexity index is 1630. The highest BCUT2D eigenvalue weighted by molar-refractivity contribution is 5.94. The number of esters is 2. The van der Waals surface area contributed by atoms with Crippen LogP contribution in [-0.4, -0.2) is 45.9 Å². The number of benzene rings is 3. The summed E-state index contributed by atoms with van der Waals surface area (Å²) in [6.45, 7) is 10.9. The minimum absolute atomic E-state index is 0.0301. The summed E-state index contributed by atoms with van der Waals surface area (Å²) in [5, 5.41) is 9.56. The van der Waals surface area contributed by atoms with Crippen LogP contribution in [0, 0.1) is 11.8 Å². The molecular weight excluding hydrogens is 656 g/mol. The van der Waals surface area contributed by atoms with Crippen molar-refractivity contribution in [3.05, 3.63) is 89.5 Å². The van der Waals surface area contributed by atoms with Gasteiger partial charge in [0.25, 0.3) is 0 Å². The van der Waals surface area contributed by atoms with Gasteiger partial charge in [0.2, 0.25) is 17.8 Å². The zero-order valence-electron chi connectivity index (χ0n) is 31.0. The van der Waals surface area contributed by atoms with E-state index in [-0.39, 0.29) is 35.6 Å². The molecule has 0 fully saturated rings. The number of ether oxygens (including phenoxy) is 2. The first-order valence-corrected chi connectivity index (χ1v) is 18.4. The topological polar surface area (TPSA) is 144 Å². The van der Waals surface area contributed by atoms with Crippen molar-refractivity contribution >= 4 is 52.6 Å². The zero-order chi connectivity index (χ0) is 37.3. The molecule has 0 bridgehead atoms. The summed E-state index contributed by atoms with van der Waals surface area (Å²) in [4.78, 5) is 50.9. The second-order valence-corrected chi connectivity index (χ2v) is 13.0. The number of unbranched alkanes of at least 4 members (excludes halogenated alkanes) is 2. The van der Waals surface area contributed by atoms with Crippen molar-refractivity contribution < 1.29 is 23.9 Å². The number of aromatic nitrogens is 3. The average Bonchev–Trinajstić information content (AvgIpc) is 3.15. The third-order valence-electron chi connectivity index (χ3n) is 8.92. The number of carbonyl (C=O) groups excluding carboxylic acids is 3. The number of nitrogens with one attached hydrogen (secondary N) is 3. The fourth-order valence-corrected chi connectivity index (χ4v) is 5.45. The quantitative estimate of drug-likeness (QED) is 0.0562. The molecule has 4 aromatic rings. The third kappa shape index (κ3) is 12.5. The molecule has 0 spiro atoms. The van der Waals surface area contributed by atoms with Crippen LogP contribution in [0.4, 0.5) is 34.9 Å². The van der Waals surface area contributed by atoms with Crippen LogP contribution >= 0.6 is 0 Å². The van der Waals surface area contributed by atoms with Gasteiger partial charge in [-0.25, -0.2) is 9.59 Å². The maximum absolute atomic E-state index is 12.7. The molecule has 3 N–H and O–H groups in total. The maximum Gasteiger partial charge on any atom is 0.338 e. The number of anilines is 6. The molecule has 4 rings (SSSR count). The normalized spacial score (nSPS) is 12.0. The lowest BCUT2D eigenvalue weighted by molar-refractivity contribution is 0.0419. The lowest BCUT2D eigenvalue weighted by atomic mass is 10.0. The van der Waals surface area contributed by atoms with Gasteiger partial charge in [0.1, 0.15) is 0 Å². The van der Waals surface area contributed by atoms with Gasteiger partial charge in [-0.1, -0.05) is 66.2 Å². The van der Waals surface area contributed by atoms with Gasteiger partial charge in [0.15, 0.2) is 5.78 Å². The molecule has 0 saturated carbocycles. The van der Waals surface area contributed by atoms with Crippen LogP contribution < -0.4 is 16.0 Å². The lowest BCUT2D eigenvalue weighted by Crippen LogP contribution is -2.14. The summed E-state index contributed by atoms with van der Waals surface area (Å²) < 4.78 is 11.2. The van der Waals surface area contributed by atoms with Gasteiger partial charge in [-0.15, -0.1) is 0 Å². The minimum Gasteiger partial charge on any atom is -0.462 e. The van der Waals surface area contributed by atoms with Crippen molar-refractivity contribution in [2.75, 3.05) is 29.2 Å². The Morgan fingerprint density at radius 2 is 0.865 bits per heavy atom. The fraction of sp³-hybridized carbons (Fsp3) is 0.415. The molecule has 276 valence electrons. The van der Waals surface area contributed by atoms with E-state index in [2.05, 4.69) is 58.6 Å². The van der Waals surface area contributed by atoms with E-state index in [1.54, 1.807) is 72.8 Å². The van der Waals surface area contributed by atoms with Gasteiger partial charge in [0, 0.05) is 22.6 Å². The number of hydrogen-bond donors (Lipinski definition) is 3. The molecular formula is C41H52N6O5. The predicted molar refractivity (Wildman–Crippen MR) is 206 cm³/mol. The number of Topliss-reactive ketones (excluding diaryl/α,β-unsaturated/α-hetero) is 1. The Morgan fingerprint density at radius 1 is 0.538 bits per heavy atom. The van der Waals surface area contributed by atoms with E-state index in [9.17, 15) is 14.4 Å². The molecule has 2 unspecified atom stereocenters. The molecule has 1 aromatic heterocycles. The number of carbonyl (C=O) groups is 3. The Morgan fingerprint density at radius 3 is 1.15 bits per heavy atom.